The minimum absolute atomic E-state index is 0.0808. The number of halogens is 1. The summed E-state index contributed by atoms with van der Waals surface area (Å²) in [5.41, 5.74) is 0.607. The molecule has 1 aromatic heterocycles. The monoisotopic (exact) mass is 421 g/mol. The second kappa shape index (κ2) is 9.52. The van der Waals surface area contributed by atoms with Crippen LogP contribution in [-0.4, -0.2) is 36.4 Å². The quantitative estimate of drug-likeness (QED) is 0.508. The van der Waals surface area contributed by atoms with E-state index in [1.54, 1.807) is 24.3 Å². The highest BCUT2D eigenvalue weighted by Crippen LogP contribution is 2.38. The number of para-hydroxylation sites is 1. The van der Waals surface area contributed by atoms with Crippen LogP contribution in [0.2, 0.25) is 4.34 Å². The van der Waals surface area contributed by atoms with Gasteiger partial charge in [-0.25, -0.2) is 4.79 Å². The molecular formula is C20H20ClNO5S. The minimum atomic E-state index is -1.23. The van der Waals surface area contributed by atoms with Crippen LogP contribution in [0.3, 0.4) is 0 Å². The lowest BCUT2D eigenvalue weighted by atomic mass is 10.0. The number of methoxy groups -OCH3 is 1. The predicted molar refractivity (Wildman–Crippen MR) is 110 cm³/mol. The summed E-state index contributed by atoms with van der Waals surface area (Å²) in [6, 6.07) is 8.29. The van der Waals surface area contributed by atoms with Gasteiger partial charge in [0.15, 0.2) is 5.78 Å². The number of hydrogen-bond donors (Lipinski definition) is 1. The molecule has 0 radical (unpaired) electrons. The van der Waals surface area contributed by atoms with Gasteiger partial charge in [-0.2, -0.15) is 0 Å². The Hall–Kier alpha value is -2.64. The molecule has 1 heterocycles. The zero-order valence-corrected chi connectivity index (χ0v) is 17.2. The maximum absolute atomic E-state index is 13.2. The second-order valence-electron chi connectivity index (χ2n) is 6.31. The van der Waals surface area contributed by atoms with Gasteiger partial charge in [0, 0.05) is 18.7 Å². The topological polar surface area (TPSA) is 83.9 Å². The van der Waals surface area contributed by atoms with Gasteiger partial charge in [-0.1, -0.05) is 37.6 Å². The van der Waals surface area contributed by atoms with E-state index in [2.05, 4.69) is 0 Å². The number of thiophene rings is 1. The van der Waals surface area contributed by atoms with E-state index >= 15 is 0 Å². The molecule has 0 fully saturated rings. The molecule has 0 aliphatic rings. The van der Waals surface area contributed by atoms with Gasteiger partial charge in [0.2, 0.25) is 0 Å². The molecule has 0 spiro atoms. The van der Waals surface area contributed by atoms with Crippen LogP contribution in [0.15, 0.2) is 42.5 Å². The van der Waals surface area contributed by atoms with Crippen molar-refractivity contribution in [2.75, 3.05) is 18.6 Å². The van der Waals surface area contributed by atoms with E-state index in [0.29, 0.717) is 27.2 Å². The molecular weight excluding hydrogens is 402 g/mol. The van der Waals surface area contributed by atoms with Crippen molar-refractivity contribution < 1.29 is 24.2 Å². The number of amides is 1. The van der Waals surface area contributed by atoms with Crippen LogP contribution in [0.25, 0.3) is 0 Å². The number of benzene rings is 1. The van der Waals surface area contributed by atoms with Gasteiger partial charge in [0.1, 0.15) is 10.8 Å². The summed E-state index contributed by atoms with van der Waals surface area (Å²) >= 11 is 7.26. The number of hydrogen-bond acceptors (Lipinski definition) is 5. The van der Waals surface area contributed by atoms with Gasteiger partial charge in [0.05, 0.1) is 22.6 Å². The lowest BCUT2D eigenvalue weighted by Gasteiger charge is -2.23. The number of nitrogens with zero attached hydrogens (tertiary/aromatic N) is 1. The first-order valence-electron chi connectivity index (χ1n) is 8.44. The summed E-state index contributed by atoms with van der Waals surface area (Å²) < 4.78 is 5.61. The Balaban J connectivity index is 2.53. The van der Waals surface area contributed by atoms with E-state index < -0.39 is 11.9 Å². The summed E-state index contributed by atoms with van der Waals surface area (Å²) in [4.78, 5) is 37.9. The molecule has 0 aliphatic carbocycles. The van der Waals surface area contributed by atoms with Crippen LogP contribution < -0.4 is 9.64 Å². The number of anilines is 1. The second-order valence-corrected chi connectivity index (χ2v) is 7.97. The molecule has 148 valence electrons. The number of rotatable bonds is 8. The van der Waals surface area contributed by atoms with Crippen LogP contribution >= 0.6 is 22.9 Å². The average Bonchev–Trinajstić information content (AvgIpc) is 3.04. The molecule has 2 aromatic rings. The normalized spacial score (nSPS) is 11.0. The standard InChI is InChI=1S/C20H20ClNO5S/c1-12(2)11-22(17(23)8-9-18(24)25)20-14(10-16(21)28-20)19(26)13-6-4-5-7-15(13)27-3/h4-10,12H,11H2,1-3H3,(H,24,25)/b9-8+. The zero-order chi connectivity index (χ0) is 20.8. The molecule has 0 unspecified atom stereocenters. The molecule has 0 atom stereocenters. The third-order valence-corrected chi connectivity index (χ3v) is 4.99. The summed E-state index contributed by atoms with van der Waals surface area (Å²) in [6.07, 6.45) is 1.74. The number of aliphatic carboxylic acids is 1. The van der Waals surface area contributed by atoms with Crippen molar-refractivity contribution in [1.82, 2.24) is 0 Å². The Kier molecular flexibility index (Phi) is 7.37. The van der Waals surface area contributed by atoms with Crippen molar-refractivity contribution in [2.45, 2.75) is 13.8 Å². The molecule has 0 aliphatic heterocycles. The van der Waals surface area contributed by atoms with Gasteiger partial charge in [-0.3, -0.25) is 14.5 Å². The summed E-state index contributed by atoms with van der Waals surface area (Å²) in [5.74, 6) is -1.61. The number of carbonyl (C=O) groups excluding carboxylic acids is 2. The number of carbonyl (C=O) groups is 3. The van der Waals surface area contributed by atoms with Crippen molar-refractivity contribution in [3.63, 3.8) is 0 Å². The highest BCUT2D eigenvalue weighted by molar-refractivity contribution is 7.20. The SMILES string of the molecule is COc1ccccc1C(=O)c1cc(Cl)sc1N(CC(C)C)C(=O)/C=C/C(=O)O. The van der Waals surface area contributed by atoms with E-state index in [9.17, 15) is 14.4 Å². The maximum Gasteiger partial charge on any atom is 0.328 e. The molecule has 0 saturated heterocycles. The number of ether oxygens (including phenoxy) is 1. The van der Waals surface area contributed by atoms with Gasteiger partial charge < -0.3 is 9.84 Å². The van der Waals surface area contributed by atoms with Gasteiger partial charge in [-0.05, 0) is 24.1 Å². The van der Waals surface area contributed by atoms with Crippen LogP contribution in [0.1, 0.15) is 29.8 Å². The van der Waals surface area contributed by atoms with Gasteiger partial charge in [-0.15, -0.1) is 11.3 Å². The largest absolute Gasteiger partial charge is 0.496 e. The maximum atomic E-state index is 13.2. The Labute approximate surface area is 172 Å². The molecule has 1 aromatic carbocycles. The number of carboxylic acids is 1. The Morgan fingerprint density at radius 1 is 1.21 bits per heavy atom. The van der Waals surface area contributed by atoms with Crippen LogP contribution in [0, 0.1) is 5.92 Å². The molecule has 0 saturated carbocycles. The smallest absolute Gasteiger partial charge is 0.328 e. The first kappa shape index (κ1) is 21.7. The van der Waals surface area contributed by atoms with E-state index in [4.69, 9.17) is 21.4 Å². The number of carboxylic acid groups (broad SMARTS) is 1. The van der Waals surface area contributed by atoms with Crippen molar-refractivity contribution >= 4 is 45.6 Å². The fraction of sp³-hybridized carbons (Fsp3) is 0.250. The average molecular weight is 422 g/mol. The molecule has 28 heavy (non-hydrogen) atoms. The molecule has 8 heteroatoms. The van der Waals surface area contributed by atoms with Gasteiger partial charge in [0.25, 0.3) is 5.91 Å². The molecule has 0 bridgehead atoms. The first-order valence-corrected chi connectivity index (χ1v) is 9.63. The van der Waals surface area contributed by atoms with Crippen molar-refractivity contribution in [1.29, 1.82) is 0 Å². The Morgan fingerprint density at radius 2 is 1.89 bits per heavy atom. The lowest BCUT2D eigenvalue weighted by molar-refractivity contribution is -0.131. The zero-order valence-electron chi connectivity index (χ0n) is 15.6. The minimum Gasteiger partial charge on any atom is -0.496 e. The summed E-state index contributed by atoms with van der Waals surface area (Å²) in [5, 5.41) is 9.18. The lowest BCUT2D eigenvalue weighted by Crippen LogP contribution is -2.33. The van der Waals surface area contributed by atoms with E-state index in [1.807, 2.05) is 13.8 Å². The first-order chi connectivity index (χ1) is 13.2. The van der Waals surface area contributed by atoms with Crippen molar-refractivity contribution in [3.05, 3.63) is 57.9 Å². The summed E-state index contributed by atoms with van der Waals surface area (Å²) in [7, 11) is 1.47. The Bertz CT molecular complexity index is 919. The van der Waals surface area contributed by atoms with Crippen LogP contribution in [0.5, 0.6) is 5.75 Å². The molecule has 2 rings (SSSR count). The highest BCUT2D eigenvalue weighted by atomic mass is 35.5. The third-order valence-electron chi connectivity index (χ3n) is 3.71. The van der Waals surface area contributed by atoms with Crippen molar-refractivity contribution in [3.8, 4) is 5.75 Å². The summed E-state index contributed by atoms with van der Waals surface area (Å²) in [6.45, 7) is 4.13. The van der Waals surface area contributed by atoms with Crippen molar-refractivity contribution in [2.24, 2.45) is 5.92 Å². The van der Waals surface area contributed by atoms with Gasteiger partial charge >= 0.3 is 5.97 Å². The highest BCUT2D eigenvalue weighted by Gasteiger charge is 2.26. The van der Waals surface area contributed by atoms with E-state index in [0.717, 1.165) is 23.5 Å². The molecule has 1 N–H and O–H groups in total. The fourth-order valence-electron chi connectivity index (χ4n) is 2.56. The molecule has 6 nitrogen and oxygen atoms in total. The third kappa shape index (κ3) is 5.21. The number of ketones is 1. The van der Waals surface area contributed by atoms with E-state index in [1.165, 1.54) is 18.1 Å². The Morgan fingerprint density at radius 3 is 2.50 bits per heavy atom. The predicted octanol–water partition coefficient (Wildman–Crippen LogP) is 4.27. The molecule has 1 amide bonds. The fourth-order valence-corrected chi connectivity index (χ4v) is 3.79. The van der Waals surface area contributed by atoms with Crippen LogP contribution in [0.4, 0.5) is 5.00 Å². The van der Waals surface area contributed by atoms with E-state index in [-0.39, 0.29) is 17.3 Å². The van der Waals surface area contributed by atoms with Crippen LogP contribution in [-0.2, 0) is 9.59 Å².